The highest BCUT2D eigenvalue weighted by molar-refractivity contribution is 5.94. The van der Waals surface area contributed by atoms with Crippen molar-refractivity contribution in [3.05, 3.63) is 42.0 Å². The topological polar surface area (TPSA) is 49.8 Å². The monoisotopic (exact) mass is 249 g/mol. The van der Waals surface area contributed by atoms with Gasteiger partial charge in [0.25, 0.3) is 5.91 Å². The first-order valence-corrected chi connectivity index (χ1v) is 5.78. The third-order valence-corrected chi connectivity index (χ3v) is 2.37. The Bertz CT molecular complexity index is 412. The molecule has 1 amide bonds. The molecule has 4 nitrogen and oxygen atoms in total. The number of rotatable bonds is 6. The van der Waals surface area contributed by atoms with Gasteiger partial charge in [0.1, 0.15) is 12.4 Å². The molecule has 0 aliphatic carbocycles. The van der Waals surface area contributed by atoms with Crippen LogP contribution in [0.25, 0.3) is 0 Å². The van der Waals surface area contributed by atoms with E-state index in [2.05, 4.69) is 6.58 Å². The van der Waals surface area contributed by atoms with Crippen molar-refractivity contribution in [1.29, 1.82) is 0 Å². The largest absolute Gasteiger partial charge is 0.489 e. The SMILES string of the molecule is C=C(C)COc1ccc(C(=O)N(C)CCO)cc1. The predicted molar refractivity (Wildman–Crippen MR) is 70.8 cm³/mol. The summed E-state index contributed by atoms with van der Waals surface area (Å²) >= 11 is 0. The minimum absolute atomic E-state index is 0.0396. The average molecular weight is 249 g/mol. The van der Waals surface area contributed by atoms with Crippen molar-refractivity contribution in [2.24, 2.45) is 0 Å². The highest BCUT2D eigenvalue weighted by atomic mass is 16.5. The second-order valence-corrected chi connectivity index (χ2v) is 4.22. The predicted octanol–water partition coefficient (Wildman–Crippen LogP) is 1.71. The lowest BCUT2D eigenvalue weighted by atomic mass is 10.2. The fraction of sp³-hybridized carbons (Fsp3) is 0.357. The summed E-state index contributed by atoms with van der Waals surface area (Å²) < 4.78 is 5.45. The molecule has 0 saturated carbocycles. The van der Waals surface area contributed by atoms with Gasteiger partial charge in [-0.2, -0.15) is 0 Å². The Morgan fingerprint density at radius 1 is 1.39 bits per heavy atom. The van der Waals surface area contributed by atoms with Crippen LogP contribution in [0.5, 0.6) is 5.75 Å². The fourth-order valence-corrected chi connectivity index (χ4v) is 1.37. The third kappa shape index (κ3) is 4.22. The quantitative estimate of drug-likeness (QED) is 0.781. The first-order valence-electron chi connectivity index (χ1n) is 5.78. The summed E-state index contributed by atoms with van der Waals surface area (Å²) in [6, 6.07) is 6.93. The number of amides is 1. The van der Waals surface area contributed by atoms with E-state index < -0.39 is 0 Å². The highest BCUT2D eigenvalue weighted by Crippen LogP contribution is 2.14. The first-order chi connectivity index (χ1) is 8.54. The summed E-state index contributed by atoms with van der Waals surface area (Å²) in [7, 11) is 1.66. The zero-order chi connectivity index (χ0) is 13.5. The van der Waals surface area contributed by atoms with Gasteiger partial charge in [-0.05, 0) is 36.8 Å². The normalized spacial score (nSPS) is 9.94. The van der Waals surface area contributed by atoms with Gasteiger partial charge in [-0.15, -0.1) is 0 Å². The van der Waals surface area contributed by atoms with E-state index >= 15 is 0 Å². The smallest absolute Gasteiger partial charge is 0.253 e. The number of carbonyl (C=O) groups excluding carboxylic acids is 1. The van der Waals surface area contributed by atoms with E-state index in [0.717, 1.165) is 5.57 Å². The van der Waals surface area contributed by atoms with Crippen molar-refractivity contribution in [3.63, 3.8) is 0 Å². The van der Waals surface area contributed by atoms with Crippen LogP contribution in [0.1, 0.15) is 17.3 Å². The molecule has 0 atom stereocenters. The zero-order valence-corrected chi connectivity index (χ0v) is 10.8. The fourth-order valence-electron chi connectivity index (χ4n) is 1.37. The second kappa shape index (κ2) is 6.81. The van der Waals surface area contributed by atoms with Gasteiger partial charge < -0.3 is 14.7 Å². The number of hydrogen-bond donors (Lipinski definition) is 1. The summed E-state index contributed by atoms with van der Waals surface area (Å²) in [4.78, 5) is 13.3. The molecular formula is C14H19NO3. The van der Waals surface area contributed by atoms with Crippen LogP contribution in [0.2, 0.25) is 0 Å². The number of likely N-dealkylation sites (N-methyl/N-ethyl adjacent to an activating group) is 1. The molecule has 0 aliphatic heterocycles. The third-order valence-electron chi connectivity index (χ3n) is 2.37. The first kappa shape index (κ1) is 14.3. The Hall–Kier alpha value is -1.81. The summed E-state index contributed by atoms with van der Waals surface area (Å²) in [5, 5.41) is 8.78. The van der Waals surface area contributed by atoms with Crippen molar-refractivity contribution < 1.29 is 14.6 Å². The lowest BCUT2D eigenvalue weighted by molar-refractivity contribution is 0.0767. The summed E-state index contributed by atoms with van der Waals surface area (Å²) in [6.07, 6.45) is 0. The van der Waals surface area contributed by atoms with Gasteiger partial charge in [0.2, 0.25) is 0 Å². The molecule has 0 saturated heterocycles. The number of carbonyl (C=O) groups is 1. The van der Waals surface area contributed by atoms with Gasteiger partial charge >= 0.3 is 0 Å². The molecule has 0 unspecified atom stereocenters. The van der Waals surface area contributed by atoms with Crippen LogP contribution < -0.4 is 4.74 Å². The molecule has 98 valence electrons. The van der Waals surface area contributed by atoms with E-state index in [1.807, 2.05) is 6.92 Å². The van der Waals surface area contributed by atoms with Gasteiger partial charge in [0, 0.05) is 19.2 Å². The van der Waals surface area contributed by atoms with E-state index in [9.17, 15) is 4.79 Å². The molecule has 1 aromatic rings. The summed E-state index contributed by atoms with van der Waals surface area (Å²) in [5.41, 5.74) is 1.52. The van der Waals surface area contributed by atoms with Gasteiger partial charge in [-0.3, -0.25) is 4.79 Å². The van der Waals surface area contributed by atoms with Crippen LogP contribution in [-0.4, -0.2) is 42.7 Å². The van der Waals surface area contributed by atoms with Crippen LogP contribution in [0, 0.1) is 0 Å². The maximum atomic E-state index is 11.9. The van der Waals surface area contributed by atoms with Crippen LogP contribution in [-0.2, 0) is 0 Å². The lowest BCUT2D eigenvalue weighted by Gasteiger charge is -2.15. The standard InChI is InChI=1S/C14H19NO3/c1-11(2)10-18-13-6-4-12(5-7-13)14(17)15(3)8-9-16/h4-7,16H,1,8-10H2,2-3H3. The molecule has 0 radical (unpaired) electrons. The minimum Gasteiger partial charge on any atom is -0.489 e. The molecule has 1 rings (SSSR count). The molecular weight excluding hydrogens is 230 g/mol. The zero-order valence-electron chi connectivity index (χ0n) is 10.8. The number of ether oxygens (including phenoxy) is 1. The van der Waals surface area contributed by atoms with Crippen molar-refractivity contribution in [3.8, 4) is 5.75 Å². The highest BCUT2D eigenvalue weighted by Gasteiger charge is 2.10. The maximum absolute atomic E-state index is 11.9. The Labute approximate surface area is 107 Å². The van der Waals surface area contributed by atoms with E-state index in [0.29, 0.717) is 24.5 Å². The Kier molecular flexibility index (Phi) is 5.39. The maximum Gasteiger partial charge on any atom is 0.253 e. The van der Waals surface area contributed by atoms with Crippen LogP contribution in [0.4, 0.5) is 0 Å². The molecule has 18 heavy (non-hydrogen) atoms. The van der Waals surface area contributed by atoms with E-state index in [4.69, 9.17) is 9.84 Å². The minimum atomic E-state index is -0.115. The van der Waals surface area contributed by atoms with Gasteiger partial charge in [-0.25, -0.2) is 0 Å². The van der Waals surface area contributed by atoms with Crippen molar-refractivity contribution in [2.45, 2.75) is 6.92 Å². The van der Waals surface area contributed by atoms with Crippen molar-refractivity contribution >= 4 is 5.91 Å². The average Bonchev–Trinajstić information content (AvgIpc) is 2.36. The number of hydrogen-bond acceptors (Lipinski definition) is 3. The van der Waals surface area contributed by atoms with Crippen LogP contribution in [0.15, 0.2) is 36.4 Å². The molecule has 4 heteroatoms. The van der Waals surface area contributed by atoms with Crippen LogP contribution >= 0.6 is 0 Å². The second-order valence-electron chi connectivity index (χ2n) is 4.22. The van der Waals surface area contributed by atoms with Gasteiger partial charge in [0.15, 0.2) is 0 Å². The molecule has 0 fully saturated rings. The molecule has 0 heterocycles. The summed E-state index contributed by atoms with van der Waals surface area (Å²) in [5.74, 6) is 0.592. The number of aliphatic hydroxyl groups excluding tert-OH is 1. The van der Waals surface area contributed by atoms with E-state index in [-0.39, 0.29) is 12.5 Å². The molecule has 0 aliphatic rings. The molecule has 1 N–H and O–H groups in total. The molecule has 0 bridgehead atoms. The Morgan fingerprint density at radius 2 is 2.00 bits per heavy atom. The van der Waals surface area contributed by atoms with E-state index in [1.165, 1.54) is 4.90 Å². The lowest BCUT2D eigenvalue weighted by Crippen LogP contribution is -2.29. The molecule has 0 spiro atoms. The van der Waals surface area contributed by atoms with Crippen LogP contribution in [0.3, 0.4) is 0 Å². The summed E-state index contributed by atoms with van der Waals surface area (Å²) in [6.45, 7) is 6.40. The Morgan fingerprint density at radius 3 is 2.50 bits per heavy atom. The van der Waals surface area contributed by atoms with Gasteiger partial charge in [0.05, 0.1) is 6.61 Å². The van der Waals surface area contributed by atoms with Crippen molar-refractivity contribution in [2.75, 3.05) is 26.8 Å². The number of nitrogens with zero attached hydrogens (tertiary/aromatic N) is 1. The molecule has 0 aromatic heterocycles. The Balaban J connectivity index is 2.64. The molecule has 1 aromatic carbocycles. The van der Waals surface area contributed by atoms with Crippen molar-refractivity contribution in [1.82, 2.24) is 4.90 Å². The van der Waals surface area contributed by atoms with E-state index in [1.54, 1.807) is 31.3 Å². The number of benzene rings is 1. The van der Waals surface area contributed by atoms with Gasteiger partial charge in [-0.1, -0.05) is 6.58 Å². The number of aliphatic hydroxyl groups is 1.